The van der Waals surface area contributed by atoms with E-state index < -0.39 is 6.10 Å². The van der Waals surface area contributed by atoms with Gasteiger partial charge in [-0.05, 0) is 24.4 Å². The van der Waals surface area contributed by atoms with Gasteiger partial charge in [-0.15, -0.1) is 0 Å². The molecule has 0 amide bonds. The number of aliphatic hydroxyl groups is 1. The van der Waals surface area contributed by atoms with Gasteiger partial charge >= 0.3 is 0 Å². The largest absolute Gasteiger partial charge is 0.470 e. The van der Waals surface area contributed by atoms with Crippen molar-refractivity contribution >= 4 is 34.0 Å². The van der Waals surface area contributed by atoms with E-state index in [-0.39, 0.29) is 18.2 Å². The number of nitrogens with one attached hydrogen (secondary N) is 1. The summed E-state index contributed by atoms with van der Waals surface area (Å²) in [5.41, 5.74) is 0.0455. The zero-order valence-electron chi connectivity index (χ0n) is 13.3. The van der Waals surface area contributed by atoms with E-state index >= 15 is 0 Å². The Kier molecular flexibility index (Phi) is 4.93. The highest BCUT2D eigenvalue weighted by Gasteiger charge is 2.12. The molecule has 8 heteroatoms. The molecule has 2 heterocycles. The van der Waals surface area contributed by atoms with E-state index in [9.17, 15) is 0 Å². The SMILES string of the molecule is C[C@H](CO)Oc1nc(Nc2cc3cccc(Cl)c3cn2)cnc1C#N. The van der Waals surface area contributed by atoms with Crippen LogP contribution in [0.4, 0.5) is 11.6 Å². The number of nitriles is 1. The second-order valence-electron chi connectivity index (χ2n) is 5.29. The number of nitrogens with zero attached hydrogens (tertiary/aromatic N) is 4. The van der Waals surface area contributed by atoms with Crippen LogP contribution in [0.5, 0.6) is 5.88 Å². The molecule has 7 nitrogen and oxygen atoms in total. The summed E-state index contributed by atoms with van der Waals surface area (Å²) in [6.07, 6.45) is 2.58. The molecule has 126 valence electrons. The Bertz CT molecular complexity index is 957. The standard InChI is InChI=1S/C17H14ClN5O2/c1-10(9-24)25-17-14(6-19)20-8-16(23-17)22-15-5-11-3-2-4-13(18)12(11)7-21-15/h2-5,7-8,10,24H,9H2,1H3,(H,21,22,23)/t10-/m1/s1. The van der Waals surface area contributed by atoms with Gasteiger partial charge < -0.3 is 15.2 Å². The summed E-state index contributed by atoms with van der Waals surface area (Å²) in [5, 5.41) is 23.6. The van der Waals surface area contributed by atoms with Crippen LogP contribution in [0.1, 0.15) is 12.6 Å². The first-order valence-corrected chi connectivity index (χ1v) is 7.84. The number of aliphatic hydroxyl groups excluding tert-OH is 1. The number of aromatic nitrogens is 3. The van der Waals surface area contributed by atoms with Crippen molar-refractivity contribution in [2.75, 3.05) is 11.9 Å². The van der Waals surface area contributed by atoms with Crippen molar-refractivity contribution < 1.29 is 9.84 Å². The Morgan fingerprint density at radius 2 is 2.16 bits per heavy atom. The molecule has 0 fully saturated rings. The molecule has 0 saturated carbocycles. The van der Waals surface area contributed by atoms with Crippen molar-refractivity contribution in [2.45, 2.75) is 13.0 Å². The minimum Gasteiger partial charge on any atom is -0.470 e. The maximum Gasteiger partial charge on any atom is 0.253 e. The highest BCUT2D eigenvalue weighted by Crippen LogP contribution is 2.25. The molecule has 1 aromatic carbocycles. The van der Waals surface area contributed by atoms with Crippen molar-refractivity contribution in [1.29, 1.82) is 5.26 Å². The minimum absolute atomic E-state index is 0.0455. The Morgan fingerprint density at radius 1 is 1.32 bits per heavy atom. The molecule has 0 saturated heterocycles. The van der Waals surface area contributed by atoms with E-state index in [0.29, 0.717) is 16.7 Å². The van der Waals surface area contributed by atoms with Gasteiger partial charge in [-0.2, -0.15) is 10.2 Å². The minimum atomic E-state index is -0.502. The number of hydrogen-bond acceptors (Lipinski definition) is 7. The number of rotatable bonds is 5. The Labute approximate surface area is 148 Å². The average Bonchev–Trinajstić information content (AvgIpc) is 2.62. The van der Waals surface area contributed by atoms with E-state index in [4.69, 9.17) is 26.7 Å². The monoisotopic (exact) mass is 355 g/mol. The third-order valence-electron chi connectivity index (χ3n) is 3.38. The smallest absolute Gasteiger partial charge is 0.253 e. The number of fused-ring (bicyclic) bond motifs is 1. The maximum absolute atomic E-state index is 9.09. The van der Waals surface area contributed by atoms with Gasteiger partial charge in [-0.25, -0.2) is 9.97 Å². The highest BCUT2D eigenvalue weighted by molar-refractivity contribution is 6.35. The maximum atomic E-state index is 9.09. The third kappa shape index (κ3) is 3.76. The highest BCUT2D eigenvalue weighted by atomic mass is 35.5. The molecular formula is C17H14ClN5O2. The summed E-state index contributed by atoms with van der Waals surface area (Å²) < 4.78 is 5.43. The summed E-state index contributed by atoms with van der Waals surface area (Å²) in [6.45, 7) is 1.47. The lowest BCUT2D eigenvalue weighted by Crippen LogP contribution is -2.18. The summed E-state index contributed by atoms with van der Waals surface area (Å²) in [4.78, 5) is 12.5. The van der Waals surface area contributed by atoms with Crippen LogP contribution in [-0.4, -0.2) is 32.8 Å². The molecule has 0 aliphatic rings. The lowest BCUT2D eigenvalue weighted by Gasteiger charge is -2.13. The first-order chi connectivity index (χ1) is 12.1. The molecule has 1 atom stereocenters. The predicted octanol–water partition coefficient (Wildman–Crippen LogP) is 3.05. The fourth-order valence-corrected chi connectivity index (χ4v) is 2.38. The van der Waals surface area contributed by atoms with Crippen molar-refractivity contribution in [1.82, 2.24) is 15.0 Å². The third-order valence-corrected chi connectivity index (χ3v) is 3.71. The second-order valence-corrected chi connectivity index (χ2v) is 5.69. The van der Waals surface area contributed by atoms with Crippen LogP contribution >= 0.6 is 11.6 Å². The molecule has 25 heavy (non-hydrogen) atoms. The topological polar surface area (TPSA) is 104 Å². The molecule has 2 N–H and O–H groups in total. The van der Waals surface area contributed by atoms with Crippen molar-refractivity contribution in [3.8, 4) is 11.9 Å². The zero-order chi connectivity index (χ0) is 17.8. The molecule has 2 aromatic heterocycles. The van der Waals surface area contributed by atoms with Gasteiger partial charge in [0.05, 0.1) is 12.8 Å². The first kappa shape index (κ1) is 16.9. The molecule has 0 unspecified atom stereocenters. The van der Waals surface area contributed by atoms with Crippen LogP contribution < -0.4 is 10.1 Å². The van der Waals surface area contributed by atoms with Gasteiger partial charge in [0.1, 0.15) is 18.0 Å². The Hall–Kier alpha value is -2.95. The normalized spacial score (nSPS) is 11.8. The van der Waals surface area contributed by atoms with Crippen molar-refractivity contribution in [2.24, 2.45) is 0 Å². The fraction of sp³-hybridized carbons (Fsp3) is 0.176. The Balaban J connectivity index is 1.90. The molecule has 3 aromatic rings. The zero-order valence-corrected chi connectivity index (χ0v) is 14.0. The summed E-state index contributed by atoms with van der Waals surface area (Å²) in [7, 11) is 0. The van der Waals surface area contributed by atoms with Gasteiger partial charge in [-0.1, -0.05) is 23.7 Å². The van der Waals surface area contributed by atoms with E-state index in [1.165, 1.54) is 6.20 Å². The molecule has 0 aliphatic carbocycles. The van der Waals surface area contributed by atoms with Gasteiger partial charge in [-0.3, -0.25) is 0 Å². The summed E-state index contributed by atoms with van der Waals surface area (Å²) in [6, 6.07) is 9.33. The van der Waals surface area contributed by atoms with Crippen LogP contribution in [-0.2, 0) is 0 Å². The quantitative estimate of drug-likeness (QED) is 0.724. The van der Waals surface area contributed by atoms with Crippen LogP contribution in [0.2, 0.25) is 5.02 Å². The molecular weight excluding hydrogens is 342 g/mol. The van der Waals surface area contributed by atoms with Crippen LogP contribution in [0.25, 0.3) is 10.8 Å². The Morgan fingerprint density at radius 3 is 2.92 bits per heavy atom. The van der Waals surface area contributed by atoms with Gasteiger partial charge in [0.25, 0.3) is 5.88 Å². The molecule has 0 aliphatic heterocycles. The van der Waals surface area contributed by atoms with Crippen molar-refractivity contribution in [3.05, 3.63) is 47.4 Å². The first-order valence-electron chi connectivity index (χ1n) is 7.46. The summed E-state index contributed by atoms with van der Waals surface area (Å²) in [5.74, 6) is 0.973. The number of halogens is 1. The molecule has 0 radical (unpaired) electrons. The lowest BCUT2D eigenvalue weighted by molar-refractivity contribution is 0.124. The number of benzene rings is 1. The van der Waals surface area contributed by atoms with E-state index in [2.05, 4.69) is 20.3 Å². The van der Waals surface area contributed by atoms with Crippen LogP contribution in [0.3, 0.4) is 0 Å². The van der Waals surface area contributed by atoms with Crippen LogP contribution in [0, 0.1) is 11.3 Å². The number of pyridine rings is 1. The van der Waals surface area contributed by atoms with Crippen LogP contribution in [0.15, 0.2) is 36.7 Å². The fourth-order valence-electron chi connectivity index (χ4n) is 2.15. The number of anilines is 2. The van der Waals surface area contributed by atoms with Gasteiger partial charge in [0, 0.05) is 16.6 Å². The van der Waals surface area contributed by atoms with Gasteiger partial charge in [0.15, 0.2) is 5.82 Å². The molecule has 0 spiro atoms. The molecule has 3 rings (SSSR count). The van der Waals surface area contributed by atoms with E-state index in [0.717, 1.165) is 10.8 Å². The lowest BCUT2D eigenvalue weighted by atomic mass is 10.2. The number of hydrogen-bond donors (Lipinski definition) is 2. The second kappa shape index (κ2) is 7.30. The van der Waals surface area contributed by atoms with Crippen molar-refractivity contribution in [3.63, 3.8) is 0 Å². The molecule has 0 bridgehead atoms. The van der Waals surface area contributed by atoms with Gasteiger partial charge in [0.2, 0.25) is 5.69 Å². The average molecular weight is 356 g/mol. The number of ether oxygens (including phenoxy) is 1. The predicted molar refractivity (Wildman–Crippen MR) is 94.0 cm³/mol. The van der Waals surface area contributed by atoms with E-state index in [1.807, 2.05) is 24.3 Å². The van der Waals surface area contributed by atoms with E-state index in [1.54, 1.807) is 19.2 Å². The summed E-state index contributed by atoms with van der Waals surface area (Å²) >= 11 is 6.14.